The molecule has 0 unspecified atom stereocenters. The van der Waals surface area contributed by atoms with Crippen LogP contribution in [0.3, 0.4) is 0 Å². The van der Waals surface area contributed by atoms with Crippen molar-refractivity contribution in [1.82, 2.24) is 15.1 Å². The predicted octanol–water partition coefficient (Wildman–Crippen LogP) is 4.18. The van der Waals surface area contributed by atoms with Crippen molar-refractivity contribution in [3.8, 4) is 10.6 Å². The fraction of sp³-hybridized carbons (Fsp3) is 0.350. The second-order valence-corrected chi connectivity index (χ2v) is 6.99. The van der Waals surface area contributed by atoms with Crippen molar-refractivity contribution in [3.05, 3.63) is 65.2 Å². The highest BCUT2D eigenvalue weighted by Crippen LogP contribution is 2.27. The van der Waals surface area contributed by atoms with Gasteiger partial charge in [-0.05, 0) is 36.4 Å². The highest BCUT2D eigenvalue weighted by molar-refractivity contribution is 7.13. The van der Waals surface area contributed by atoms with E-state index >= 15 is 0 Å². The Bertz CT molecular complexity index is 738. The first kappa shape index (κ1) is 17.9. The van der Waals surface area contributed by atoms with E-state index in [9.17, 15) is 0 Å². The number of hydrogen-bond acceptors (Lipinski definition) is 4. The summed E-state index contributed by atoms with van der Waals surface area (Å²) in [6.45, 7) is 3.47. The second kappa shape index (κ2) is 9.51. The summed E-state index contributed by atoms with van der Waals surface area (Å²) in [4.78, 5) is 1.22. The summed E-state index contributed by atoms with van der Waals surface area (Å²) >= 11 is 1.74. The first-order chi connectivity index (χ1) is 12.4. The molecule has 0 saturated heterocycles. The molecule has 25 heavy (non-hydrogen) atoms. The third-order valence-corrected chi connectivity index (χ3v) is 4.92. The zero-order chi connectivity index (χ0) is 17.3. The molecule has 0 atom stereocenters. The molecule has 0 saturated carbocycles. The van der Waals surface area contributed by atoms with E-state index in [0.29, 0.717) is 0 Å². The van der Waals surface area contributed by atoms with E-state index in [4.69, 9.17) is 9.84 Å². The molecule has 0 aliphatic carbocycles. The highest BCUT2D eigenvalue weighted by atomic mass is 32.1. The van der Waals surface area contributed by atoms with Gasteiger partial charge in [-0.1, -0.05) is 36.4 Å². The first-order valence-corrected chi connectivity index (χ1v) is 9.58. The summed E-state index contributed by atoms with van der Waals surface area (Å²) in [5, 5.41) is 10.5. The maximum atomic E-state index is 5.09. The maximum absolute atomic E-state index is 5.09. The first-order valence-electron chi connectivity index (χ1n) is 8.70. The molecule has 0 aliphatic heterocycles. The minimum Gasteiger partial charge on any atom is -0.385 e. The van der Waals surface area contributed by atoms with Crippen molar-refractivity contribution in [2.75, 3.05) is 20.3 Å². The lowest BCUT2D eigenvalue weighted by molar-refractivity contribution is 0.192. The molecule has 4 nitrogen and oxygen atoms in total. The highest BCUT2D eigenvalue weighted by Gasteiger charge is 2.12. The van der Waals surface area contributed by atoms with E-state index in [2.05, 4.69) is 53.3 Å². The van der Waals surface area contributed by atoms with E-state index in [1.807, 2.05) is 10.7 Å². The van der Waals surface area contributed by atoms with Crippen LogP contribution in [0.2, 0.25) is 0 Å². The maximum Gasteiger partial charge on any atom is 0.107 e. The molecule has 0 fully saturated rings. The van der Waals surface area contributed by atoms with Gasteiger partial charge < -0.3 is 10.1 Å². The van der Waals surface area contributed by atoms with Crippen molar-refractivity contribution in [1.29, 1.82) is 0 Å². The van der Waals surface area contributed by atoms with E-state index < -0.39 is 0 Å². The van der Waals surface area contributed by atoms with Gasteiger partial charge in [0, 0.05) is 32.0 Å². The van der Waals surface area contributed by atoms with Crippen LogP contribution < -0.4 is 5.32 Å². The molecule has 5 heteroatoms. The Balaban J connectivity index is 1.67. The van der Waals surface area contributed by atoms with E-state index in [1.165, 1.54) is 16.0 Å². The monoisotopic (exact) mass is 355 g/mol. The van der Waals surface area contributed by atoms with Gasteiger partial charge in [-0.2, -0.15) is 5.10 Å². The molecule has 3 rings (SSSR count). The quantitative estimate of drug-likeness (QED) is 0.555. The Morgan fingerprint density at radius 1 is 1.12 bits per heavy atom. The smallest absolute Gasteiger partial charge is 0.107 e. The zero-order valence-electron chi connectivity index (χ0n) is 14.6. The third kappa shape index (κ3) is 5.26. The summed E-state index contributed by atoms with van der Waals surface area (Å²) in [5.74, 6) is 0. The fourth-order valence-corrected chi connectivity index (χ4v) is 3.53. The normalized spacial score (nSPS) is 11.1. The molecule has 0 bridgehead atoms. The van der Waals surface area contributed by atoms with Crippen LogP contribution in [0.1, 0.15) is 24.0 Å². The number of aromatic nitrogens is 2. The molecule has 3 aromatic rings. The molecule has 1 aromatic carbocycles. The fourth-order valence-electron chi connectivity index (χ4n) is 2.78. The minimum atomic E-state index is 0.799. The summed E-state index contributed by atoms with van der Waals surface area (Å²) in [6.07, 6.45) is 4.39. The van der Waals surface area contributed by atoms with Gasteiger partial charge in [-0.25, -0.2) is 0 Å². The number of nitrogens with one attached hydrogen (secondary N) is 1. The molecule has 0 amide bonds. The molecule has 1 N–H and O–H groups in total. The Hall–Kier alpha value is -1.95. The number of hydrogen-bond donors (Lipinski definition) is 1. The van der Waals surface area contributed by atoms with Crippen LogP contribution in [0.4, 0.5) is 0 Å². The number of unbranched alkanes of at least 4 members (excludes halogenated alkanes) is 1. The van der Waals surface area contributed by atoms with Gasteiger partial charge in [0.25, 0.3) is 0 Å². The molecule has 0 radical (unpaired) electrons. The molecule has 132 valence electrons. The number of methoxy groups -OCH3 is 1. The van der Waals surface area contributed by atoms with Crippen molar-refractivity contribution >= 4 is 11.3 Å². The van der Waals surface area contributed by atoms with Gasteiger partial charge in [-0.3, -0.25) is 4.68 Å². The lowest BCUT2D eigenvalue weighted by atomic mass is 10.2. The summed E-state index contributed by atoms with van der Waals surface area (Å²) in [5.41, 5.74) is 3.61. The number of ether oxygens (including phenoxy) is 1. The molecule has 0 aliphatic rings. The lowest BCUT2D eigenvalue weighted by Gasteiger charge is -2.04. The van der Waals surface area contributed by atoms with Crippen LogP contribution in [0.5, 0.6) is 0 Å². The van der Waals surface area contributed by atoms with Crippen LogP contribution in [0.15, 0.2) is 54.0 Å². The average Bonchev–Trinajstić information content (AvgIpc) is 3.28. The molecule has 0 spiro atoms. The van der Waals surface area contributed by atoms with Gasteiger partial charge in [0.15, 0.2) is 0 Å². The zero-order valence-corrected chi connectivity index (χ0v) is 15.5. The van der Waals surface area contributed by atoms with Crippen molar-refractivity contribution in [2.24, 2.45) is 0 Å². The molecule has 2 aromatic heterocycles. The molecular weight excluding hydrogens is 330 g/mol. The third-order valence-electron chi connectivity index (χ3n) is 4.05. The minimum absolute atomic E-state index is 0.799. The summed E-state index contributed by atoms with van der Waals surface area (Å²) in [6, 6.07) is 14.7. The number of thiophene rings is 1. The topological polar surface area (TPSA) is 39.1 Å². The van der Waals surface area contributed by atoms with Crippen LogP contribution in [0, 0.1) is 0 Å². The largest absolute Gasteiger partial charge is 0.385 e. The van der Waals surface area contributed by atoms with Gasteiger partial charge in [-0.15, -0.1) is 11.3 Å². The Kier molecular flexibility index (Phi) is 6.79. The number of benzene rings is 1. The van der Waals surface area contributed by atoms with Gasteiger partial charge in [0.1, 0.15) is 5.69 Å². The van der Waals surface area contributed by atoms with Gasteiger partial charge >= 0.3 is 0 Å². The standard InChI is InChI=1S/C20H25N3OS/c1-24-12-6-5-11-21-14-18-16-23(15-17-8-3-2-4-9-17)22-20(18)19-10-7-13-25-19/h2-4,7-10,13,16,21H,5-6,11-12,14-15H2,1H3. The summed E-state index contributed by atoms with van der Waals surface area (Å²) in [7, 11) is 1.75. The van der Waals surface area contributed by atoms with Crippen molar-refractivity contribution < 1.29 is 4.74 Å². The Labute approximate surface area is 153 Å². The molecular formula is C20H25N3OS. The molecule has 2 heterocycles. The SMILES string of the molecule is COCCCCNCc1cn(Cc2ccccc2)nc1-c1cccs1. The van der Waals surface area contributed by atoms with Crippen LogP contribution in [0.25, 0.3) is 10.6 Å². The Morgan fingerprint density at radius 3 is 2.76 bits per heavy atom. The number of rotatable bonds is 10. The van der Waals surface area contributed by atoms with Crippen LogP contribution in [-0.2, 0) is 17.8 Å². The van der Waals surface area contributed by atoms with Gasteiger partial charge in [0.05, 0.1) is 11.4 Å². The van der Waals surface area contributed by atoms with Gasteiger partial charge in [0.2, 0.25) is 0 Å². The lowest BCUT2D eigenvalue weighted by Crippen LogP contribution is -2.15. The predicted molar refractivity (Wildman–Crippen MR) is 104 cm³/mol. The Morgan fingerprint density at radius 2 is 2.00 bits per heavy atom. The summed E-state index contributed by atoms with van der Waals surface area (Å²) < 4.78 is 7.14. The van der Waals surface area contributed by atoms with Crippen molar-refractivity contribution in [3.63, 3.8) is 0 Å². The van der Waals surface area contributed by atoms with Crippen LogP contribution >= 0.6 is 11.3 Å². The van der Waals surface area contributed by atoms with Crippen LogP contribution in [-0.4, -0.2) is 30.0 Å². The number of nitrogens with zero attached hydrogens (tertiary/aromatic N) is 2. The second-order valence-electron chi connectivity index (χ2n) is 6.04. The van der Waals surface area contributed by atoms with Crippen molar-refractivity contribution in [2.45, 2.75) is 25.9 Å². The van der Waals surface area contributed by atoms with E-state index in [1.54, 1.807) is 18.4 Å². The van der Waals surface area contributed by atoms with E-state index in [0.717, 1.165) is 44.8 Å². The van der Waals surface area contributed by atoms with E-state index in [-0.39, 0.29) is 0 Å². The average molecular weight is 356 g/mol.